The van der Waals surface area contributed by atoms with Crippen molar-refractivity contribution in [2.75, 3.05) is 26.7 Å². The van der Waals surface area contributed by atoms with Gasteiger partial charge in [0.2, 0.25) is 0 Å². The van der Waals surface area contributed by atoms with E-state index in [0.717, 1.165) is 5.75 Å². The maximum atomic E-state index is 9.93. The minimum atomic E-state index is 0.194. The smallest absolute Gasteiger partial charge is 0.133 e. The van der Waals surface area contributed by atoms with E-state index in [1.54, 1.807) is 36.4 Å². The normalized spacial score (nSPS) is 16.4. The first kappa shape index (κ1) is 17.8. The number of hydrogen-bond donors (Lipinski definition) is 2. The topological polar surface area (TPSA) is 46.3 Å². The highest BCUT2D eigenvalue weighted by atomic mass is 35.5. The van der Waals surface area contributed by atoms with E-state index >= 15 is 0 Å². The molecule has 5 heteroatoms. The number of benzene rings is 2. The molecule has 0 radical (unpaired) electrons. The lowest BCUT2D eigenvalue weighted by Crippen LogP contribution is -3.10. The van der Waals surface area contributed by atoms with E-state index in [0.29, 0.717) is 17.1 Å². The van der Waals surface area contributed by atoms with Crippen molar-refractivity contribution in [3.05, 3.63) is 58.6 Å². The number of ether oxygens (including phenoxy) is 1. The number of phenols is 1. The molecular formula is C20H24ClN2O2+. The third kappa shape index (κ3) is 4.53. The van der Waals surface area contributed by atoms with Crippen LogP contribution in [0.5, 0.6) is 11.5 Å². The lowest BCUT2D eigenvalue weighted by Gasteiger charge is -2.24. The molecule has 1 heterocycles. The van der Waals surface area contributed by atoms with Crippen LogP contribution in [0.2, 0.25) is 5.02 Å². The largest absolute Gasteiger partial charge is 0.507 e. The molecule has 1 aliphatic rings. The highest BCUT2D eigenvalue weighted by Gasteiger charge is 2.27. The number of likely N-dealkylation sites (tertiary alicyclic amines) is 1. The molecule has 1 fully saturated rings. The Morgan fingerprint density at radius 3 is 2.80 bits per heavy atom. The Labute approximate surface area is 153 Å². The molecule has 132 valence electrons. The van der Waals surface area contributed by atoms with Gasteiger partial charge in [0.25, 0.3) is 0 Å². The zero-order valence-electron chi connectivity index (χ0n) is 14.4. The molecule has 2 aromatic carbocycles. The monoisotopic (exact) mass is 359 g/mol. The van der Waals surface area contributed by atoms with Crippen LogP contribution in [0.3, 0.4) is 0 Å². The molecule has 0 bridgehead atoms. The van der Waals surface area contributed by atoms with Crippen molar-refractivity contribution in [2.45, 2.75) is 18.9 Å². The number of nitrogens with zero attached hydrogens (tertiary/aromatic N) is 1. The lowest BCUT2D eigenvalue weighted by atomic mass is 10.1. The first-order valence-electron chi connectivity index (χ1n) is 8.64. The van der Waals surface area contributed by atoms with Gasteiger partial charge >= 0.3 is 0 Å². The summed E-state index contributed by atoms with van der Waals surface area (Å²) in [6.45, 7) is 2.99. The van der Waals surface area contributed by atoms with Crippen LogP contribution in [-0.4, -0.2) is 38.1 Å². The van der Waals surface area contributed by atoms with Crippen LogP contribution in [0.25, 0.3) is 0 Å². The molecule has 0 spiro atoms. The first-order chi connectivity index (χ1) is 12.2. The summed E-state index contributed by atoms with van der Waals surface area (Å²) in [4.78, 5) is 6.17. The van der Waals surface area contributed by atoms with Gasteiger partial charge in [0.15, 0.2) is 0 Å². The molecule has 3 rings (SSSR count). The molecule has 1 saturated heterocycles. The summed E-state index contributed by atoms with van der Waals surface area (Å²) < 4.78 is 5.37. The van der Waals surface area contributed by atoms with Crippen LogP contribution in [0, 0.1) is 0 Å². The molecule has 2 N–H and O–H groups in total. The lowest BCUT2D eigenvalue weighted by molar-refractivity contribution is -0.918. The predicted octanol–water partition coefficient (Wildman–Crippen LogP) is 2.89. The third-order valence-electron chi connectivity index (χ3n) is 4.74. The van der Waals surface area contributed by atoms with Crippen molar-refractivity contribution in [3.63, 3.8) is 0 Å². The molecular weight excluding hydrogens is 336 g/mol. The fourth-order valence-electron chi connectivity index (χ4n) is 3.39. The van der Waals surface area contributed by atoms with E-state index in [2.05, 4.69) is 17.1 Å². The minimum absolute atomic E-state index is 0.194. The molecule has 1 aliphatic heterocycles. The van der Waals surface area contributed by atoms with E-state index in [9.17, 15) is 5.11 Å². The van der Waals surface area contributed by atoms with E-state index in [-0.39, 0.29) is 11.8 Å². The van der Waals surface area contributed by atoms with Crippen LogP contribution in [0.1, 0.15) is 30.0 Å². The Balaban J connectivity index is 1.80. The predicted molar refractivity (Wildman–Crippen MR) is 101 cm³/mol. The molecule has 0 unspecified atom stereocenters. The number of phenolic OH excluding ortho intramolecular Hbond substituents is 1. The summed E-state index contributed by atoms with van der Waals surface area (Å²) in [5.41, 5.74) is 1.89. The SMILES string of the molecule is COc1cccc([C@@H](CN=Cc2cc(Cl)ccc2O)[NH+]2CCCC2)c1. The van der Waals surface area contributed by atoms with Crippen molar-refractivity contribution in [2.24, 2.45) is 4.99 Å². The molecule has 1 atom stereocenters. The maximum absolute atomic E-state index is 9.93. The summed E-state index contributed by atoms with van der Waals surface area (Å²) in [7, 11) is 1.69. The number of hydrogen-bond acceptors (Lipinski definition) is 3. The van der Waals surface area contributed by atoms with Crippen molar-refractivity contribution in [3.8, 4) is 11.5 Å². The first-order valence-corrected chi connectivity index (χ1v) is 9.02. The molecule has 0 amide bonds. The van der Waals surface area contributed by atoms with Crippen molar-refractivity contribution in [1.29, 1.82) is 0 Å². The zero-order valence-corrected chi connectivity index (χ0v) is 15.2. The second-order valence-corrected chi connectivity index (χ2v) is 6.83. The van der Waals surface area contributed by atoms with E-state index in [1.165, 1.54) is 31.5 Å². The van der Waals surface area contributed by atoms with Crippen LogP contribution in [-0.2, 0) is 0 Å². The van der Waals surface area contributed by atoms with Gasteiger partial charge in [-0.15, -0.1) is 0 Å². The van der Waals surface area contributed by atoms with Crippen molar-refractivity contribution in [1.82, 2.24) is 0 Å². The number of rotatable bonds is 6. The van der Waals surface area contributed by atoms with Crippen LogP contribution in [0.4, 0.5) is 0 Å². The molecule has 0 aliphatic carbocycles. The highest BCUT2D eigenvalue weighted by Crippen LogP contribution is 2.21. The van der Waals surface area contributed by atoms with Gasteiger partial charge in [-0.2, -0.15) is 0 Å². The summed E-state index contributed by atoms with van der Waals surface area (Å²) in [6.07, 6.45) is 4.23. The van der Waals surface area contributed by atoms with Crippen LogP contribution < -0.4 is 9.64 Å². The summed E-state index contributed by atoms with van der Waals surface area (Å²) in [5, 5.41) is 10.5. The van der Waals surface area contributed by atoms with Gasteiger partial charge in [-0.25, -0.2) is 0 Å². The average molecular weight is 360 g/mol. The third-order valence-corrected chi connectivity index (χ3v) is 4.98. The number of quaternary nitrogens is 1. The number of nitrogens with one attached hydrogen (secondary N) is 1. The van der Waals surface area contributed by atoms with Gasteiger partial charge in [0.05, 0.1) is 26.7 Å². The molecule has 25 heavy (non-hydrogen) atoms. The molecule has 2 aromatic rings. The average Bonchev–Trinajstić information content (AvgIpc) is 3.16. The number of aliphatic imine (C=N–C) groups is 1. The number of aromatic hydroxyl groups is 1. The number of methoxy groups -OCH3 is 1. The Morgan fingerprint density at radius 2 is 2.04 bits per heavy atom. The zero-order chi connectivity index (χ0) is 17.6. The van der Waals surface area contributed by atoms with Gasteiger partial charge in [-0.05, 0) is 30.3 Å². The fraction of sp³-hybridized carbons (Fsp3) is 0.350. The Morgan fingerprint density at radius 1 is 1.24 bits per heavy atom. The maximum Gasteiger partial charge on any atom is 0.133 e. The van der Waals surface area contributed by atoms with Gasteiger partial charge in [0, 0.05) is 35.2 Å². The quantitative estimate of drug-likeness (QED) is 0.779. The Kier molecular flexibility index (Phi) is 5.95. The highest BCUT2D eigenvalue weighted by molar-refractivity contribution is 6.30. The molecule has 0 saturated carbocycles. The molecule has 4 nitrogen and oxygen atoms in total. The standard InChI is InChI=1S/C20H23ClN2O2/c1-25-18-6-4-5-15(12-18)19(23-9-2-3-10-23)14-22-13-16-11-17(21)7-8-20(16)24/h4-8,11-13,19,24H,2-3,9-10,14H2,1H3/p+1/t19-/m1/s1. The van der Waals surface area contributed by atoms with E-state index < -0.39 is 0 Å². The van der Waals surface area contributed by atoms with Gasteiger partial charge in [-0.1, -0.05) is 23.7 Å². The summed E-state index contributed by atoms with van der Waals surface area (Å²) >= 11 is 6.00. The Hall–Kier alpha value is -2.04. The van der Waals surface area contributed by atoms with E-state index in [1.807, 2.05) is 12.1 Å². The van der Waals surface area contributed by atoms with E-state index in [4.69, 9.17) is 16.3 Å². The van der Waals surface area contributed by atoms with Crippen LogP contribution >= 0.6 is 11.6 Å². The van der Waals surface area contributed by atoms with Crippen molar-refractivity contribution < 1.29 is 14.7 Å². The summed E-state index contributed by atoms with van der Waals surface area (Å²) in [6, 6.07) is 13.5. The van der Waals surface area contributed by atoms with Crippen LogP contribution in [0.15, 0.2) is 47.5 Å². The minimum Gasteiger partial charge on any atom is -0.507 e. The molecule has 0 aromatic heterocycles. The second kappa shape index (κ2) is 8.37. The number of halogens is 1. The Bertz CT molecular complexity index is 742. The summed E-state index contributed by atoms with van der Waals surface area (Å²) in [5.74, 6) is 1.07. The second-order valence-electron chi connectivity index (χ2n) is 6.39. The van der Waals surface area contributed by atoms with Gasteiger partial charge in [-0.3, -0.25) is 4.99 Å². The van der Waals surface area contributed by atoms with Crippen molar-refractivity contribution >= 4 is 17.8 Å². The van der Waals surface area contributed by atoms with Gasteiger partial charge < -0.3 is 14.7 Å². The van der Waals surface area contributed by atoms with Gasteiger partial charge in [0.1, 0.15) is 17.5 Å². The fourth-order valence-corrected chi connectivity index (χ4v) is 3.57.